The molecule has 0 aliphatic carbocycles. The predicted octanol–water partition coefficient (Wildman–Crippen LogP) is 3.29. The van der Waals surface area contributed by atoms with Gasteiger partial charge < -0.3 is 4.74 Å². The molecule has 0 bridgehead atoms. The van der Waals surface area contributed by atoms with Crippen molar-refractivity contribution in [3.63, 3.8) is 0 Å². The standard InChI is InChI=1S/C22H26N4O/c1-17-20(14-24-25(17)2)15-26-10-11-27-22(16-26)21-9-8-19(13-23-21)12-18-6-4-3-5-7-18/h3-9,13-14,22H,10-12,15-16H2,1-2H3/t22-/m1/s1. The van der Waals surface area contributed by atoms with E-state index in [1.54, 1.807) is 0 Å². The zero-order valence-electron chi connectivity index (χ0n) is 16.0. The molecule has 5 heteroatoms. The van der Waals surface area contributed by atoms with Crippen LogP contribution >= 0.6 is 0 Å². The first-order valence-corrected chi connectivity index (χ1v) is 9.49. The molecule has 1 saturated heterocycles. The molecule has 1 aliphatic heterocycles. The minimum absolute atomic E-state index is 0.0292. The van der Waals surface area contributed by atoms with Gasteiger partial charge >= 0.3 is 0 Å². The van der Waals surface area contributed by atoms with Crippen molar-refractivity contribution in [3.05, 3.63) is 82.9 Å². The van der Waals surface area contributed by atoms with E-state index < -0.39 is 0 Å². The van der Waals surface area contributed by atoms with Gasteiger partial charge in [0.05, 0.1) is 18.5 Å². The molecule has 0 saturated carbocycles. The molecule has 4 rings (SSSR count). The highest BCUT2D eigenvalue weighted by Gasteiger charge is 2.23. The van der Waals surface area contributed by atoms with Crippen LogP contribution in [0.2, 0.25) is 0 Å². The van der Waals surface area contributed by atoms with Gasteiger partial charge in [-0.3, -0.25) is 14.6 Å². The number of ether oxygens (including phenoxy) is 1. The van der Waals surface area contributed by atoms with Gasteiger partial charge in [0.15, 0.2) is 0 Å². The van der Waals surface area contributed by atoms with Crippen LogP contribution in [0.25, 0.3) is 0 Å². The lowest BCUT2D eigenvalue weighted by molar-refractivity contribution is -0.0350. The molecule has 1 fully saturated rings. The van der Waals surface area contributed by atoms with Gasteiger partial charge in [0.1, 0.15) is 6.10 Å². The van der Waals surface area contributed by atoms with Gasteiger partial charge in [-0.25, -0.2) is 0 Å². The Morgan fingerprint density at radius 2 is 1.93 bits per heavy atom. The van der Waals surface area contributed by atoms with Crippen molar-refractivity contribution in [3.8, 4) is 0 Å². The second kappa shape index (κ2) is 8.03. The molecule has 1 aliphatic rings. The maximum absolute atomic E-state index is 6.00. The van der Waals surface area contributed by atoms with Gasteiger partial charge in [-0.15, -0.1) is 0 Å². The van der Waals surface area contributed by atoms with E-state index in [0.717, 1.165) is 38.4 Å². The lowest BCUT2D eigenvalue weighted by Crippen LogP contribution is -2.38. The van der Waals surface area contributed by atoms with Crippen LogP contribution in [-0.2, 0) is 24.8 Å². The summed E-state index contributed by atoms with van der Waals surface area (Å²) in [6.07, 6.45) is 4.89. The molecule has 0 amide bonds. The molecule has 1 atom stereocenters. The molecule has 0 spiro atoms. The third-order valence-electron chi connectivity index (χ3n) is 5.31. The summed E-state index contributed by atoms with van der Waals surface area (Å²) in [6.45, 7) is 5.56. The van der Waals surface area contributed by atoms with Crippen molar-refractivity contribution >= 4 is 0 Å². The Bertz CT molecular complexity index is 873. The maximum atomic E-state index is 6.00. The Morgan fingerprint density at radius 1 is 1.07 bits per heavy atom. The van der Waals surface area contributed by atoms with Crippen LogP contribution in [0.4, 0.5) is 0 Å². The maximum Gasteiger partial charge on any atom is 0.112 e. The van der Waals surface area contributed by atoms with E-state index in [1.165, 1.54) is 22.4 Å². The van der Waals surface area contributed by atoms with Crippen LogP contribution < -0.4 is 0 Å². The minimum Gasteiger partial charge on any atom is -0.369 e. The van der Waals surface area contributed by atoms with Crippen molar-refractivity contribution in [1.82, 2.24) is 19.7 Å². The summed E-state index contributed by atoms with van der Waals surface area (Å²) in [5, 5.41) is 4.35. The van der Waals surface area contributed by atoms with E-state index in [1.807, 2.05) is 30.2 Å². The number of hydrogen-bond acceptors (Lipinski definition) is 4. The first-order valence-electron chi connectivity index (χ1n) is 9.49. The molecule has 2 aromatic heterocycles. The third kappa shape index (κ3) is 4.26. The average Bonchev–Trinajstić information content (AvgIpc) is 3.02. The van der Waals surface area contributed by atoms with E-state index in [4.69, 9.17) is 9.72 Å². The van der Waals surface area contributed by atoms with Gasteiger partial charge in [-0.05, 0) is 30.5 Å². The molecule has 140 valence electrons. The van der Waals surface area contributed by atoms with Gasteiger partial charge in [0.25, 0.3) is 0 Å². The van der Waals surface area contributed by atoms with Crippen molar-refractivity contribution in [2.75, 3.05) is 19.7 Å². The fourth-order valence-corrected chi connectivity index (χ4v) is 3.53. The van der Waals surface area contributed by atoms with Gasteiger partial charge in [-0.2, -0.15) is 5.10 Å². The molecule has 0 radical (unpaired) electrons. The summed E-state index contributed by atoms with van der Waals surface area (Å²) < 4.78 is 7.93. The second-order valence-electron chi connectivity index (χ2n) is 7.23. The third-order valence-corrected chi connectivity index (χ3v) is 5.31. The van der Waals surface area contributed by atoms with Gasteiger partial charge in [-0.1, -0.05) is 36.4 Å². The van der Waals surface area contributed by atoms with E-state index in [2.05, 4.69) is 53.3 Å². The van der Waals surface area contributed by atoms with Gasteiger partial charge in [0, 0.05) is 44.1 Å². The molecule has 27 heavy (non-hydrogen) atoms. The van der Waals surface area contributed by atoms with Crippen molar-refractivity contribution < 1.29 is 4.74 Å². The number of aromatic nitrogens is 3. The summed E-state index contributed by atoms with van der Waals surface area (Å²) in [7, 11) is 1.99. The van der Waals surface area contributed by atoms with Crippen LogP contribution in [-0.4, -0.2) is 39.4 Å². The number of hydrogen-bond donors (Lipinski definition) is 0. The fraction of sp³-hybridized carbons (Fsp3) is 0.364. The number of pyridine rings is 1. The van der Waals surface area contributed by atoms with Crippen LogP contribution in [0, 0.1) is 6.92 Å². The topological polar surface area (TPSA) is 43.2 Å². The number of nitrogens with zero attached hydrogens (tertiary/aromatic N) is 4. The lowest BCUT2D eigenvalue weighted by atomic mass is 10.1. The molecule has 3 heterocycles. The zero-order valence-corrected chi connectivity index (χ0v) is 16.0. The largest absolute Gasteiger partial charge is 0.369 e. The highest BCUT2D eigenvalue weighted by Crippen LogP contribution is 2.23. The summed E-state index contributed by atoms with van der Waals surface area (Å²) >= 11 is 0. The predicted molar refractivity (Wildman–Crippen MR) is 105 cm³/mol. The molecule has 0 N–H and O–H groups in total. The summed E-state index contributed by atoms with van der Waals surface area (Å²) in [5.41, 5.74) is 6.05. The number of benzene rings is 1. The second-order valence-corrected chi connectivity index (χ2v) is 7.23. The molecule has 0 unspecified atom stereocenters. The first-order chi connectivity index (χ1) is 13.2. The highest BCUT2D eigenvalue weighted by atomic mass is 16.5. The summed E-state index contributed by atoms with van der Waals surface area (Å²) in [4.78, 5) is 7.12. The van der Waals surface area contributed by atoms with Crippen molar-refractivity contribution in [2.45, 2.75) is 26.0 Å². The lowest BCUT2D eigenvalue weighted by Gasteiger charge is -2.32. The molecule has 3 aromatic rings. The Labute approximate surface area is 160 Å². The monoisotopic (exact) mass is 362 g/mol. The Hall–Kier alpha value is -2.50. The smallest absolute Gasteiger partial charge is 0.112 e. The zero-order chi connectivity index (χ0) is 18.6. The van der Waals surface area contributed by atoms with E-state index in [-0.39, 0.29) is 6.10 Å². The van der Waals surface area contributed by atoms with Crippen LogP contribution in [0.15, 0.2) is 54.9 Å². The fourth-order valence-electron chi connectivity index (χ4n) is 3.53. The molecule has 1 aromatic carbocycles. The van der Waals surface area contributed by atoms with Crippen LogP contribution in [0.1, 0.15) is 34.2 Å². The van der Waals surface area contributed by atoms with Crippen LogP contribution in [0.3, 0.4) is 0 Å². The number of morpholine rings is 1. The van der Waals surface area contributed by atoms with Crippen molar-refractivity contribution in [2.24, 2.45) is 7.05 Å². The average molecular weight is 362 g/mol. The van der Waals surface area contributed by atoms with E-state index >= 15 is 0 Å². The quantitative estimate of drug-likeness (QED) is 0.699. The van der Waals surface area contributed by atoms with E-state index in [0.29, 0.717) is 0 Å². The highest BCUT2D eigenvalue weighted by molar-refractivity contribution is 5.25. The Balaban J connectivity index is 1.40. The first kappa shape index (κ1) is 17.9. The summed E-state index contributed by atoms with van der Waals surface area (Å²) in [6, 6.07) is 14.8. The Kier molecular flexibility index (Phi) is 5.32. The number of aryl methyl sites for hydroxylation is 1. The van der Waals surface area contributed by atoms with Gasteiger partial charge in [0.2, 0.25) is 0 Å². The Morgan fingerprint density at radius 3 is 2.63 bits per heavy atom. The van der Waals surface area contributed by atoms with E-state index in [9.17, 15) is 0 Å². The van der Waals surface area contributed by atoms with Crippen molar-refractivity contribution in [1.29, 1.82) is 0 Å². The van der Waals surface area contributed by atoms with Crippen LogP contribution in [0.5, 0.6) is 0 Å². The molecule has 5 nitrogen and oxygen atoms in total. The molecular weight excluding hydrogens is 336 g/mol. The normalized spacial score (nSPS) is 17.9. The summed E-state index contributed by atoms with van der Waals surface area (Å²) in [5.74, 6) is 0. The number of rotatable bonds is 5. The SMILES string of the molecule is Cc1c(CN2CCO[C@@H](c3ccc(Cc4ccccc4)cn3)C2)cnn1C. The molecular formula is C22H26N4O. The minimum atomic E-state index is 0.0292.